The van der Waals surface area contributed by atoms with Crippen LogP contribution in [0.5, 0.6) is 0 Å². The van der Waals surface area contributed by atoms with Crippen LogP contribution in [0.4, 0.5) is 0 Å². The minimum atomic E-state index is 0.000129. The maximum absolute atomic E-state index is 11.8. The molecule has 0 saturated carbocycles. The number of hydrogen-bond acceptors (Lipinski definition) is 3. The summed E-state index contributed by atoms with van der Waals surface area (Å²) in [5.74, 6) is 0.110. The van der Waals surface area contributed by atoms with E-state index in [9.17, 15) is 4.79 Å². The predicted octanol–water partition coefficient (Wildman–Crippen LogP) is 0.785. The molecule has 0 atom stereocenters. The molecule has 0 unspecified atom stereocenters. The summed E-state index contributed by atoms with van der Waals surface area (Å²) >= 11 is 0. The van der Waals surface area contributed by atoms with Crippen LogP contribution in [0.3, 0.4) is 0 Å². The Kier molecular flexibility index (Phi) is 2.68. The Morgan fingerprint density at radius 2 is 2.33 bits per heavy atom. The number of nitrogens with zero attached hydrogens (tertiary/aromatic N) is 3. The highest BCUT2D eigenvalue weighted by molar-refractivity contribution is 5.93. The molecular weight excluding hydrogens is 192 g/mol. The lowest BCUT2D eigenvalue weighted by atomic mass is 9.98. The molecule has 15 heavy (non-hydrogen) atoms. The Labute approximate surface area is 87.7 Å². The van der Waals surface area contributed by atoms with Crippen LogP contribution < -0.4 is 0 Å². The lowest BCUT2D eigenvalue weighted by Gasteiger charge is -2.28. The summed E-state index contributed by atoms with van der Waals surface area (Å²) in [7, 11) is 0. The van der Waals surface area contributed by atoms with Crippen LogP contribution in [0.15, 0.2) is 12.4 Å². The number of aromatic amines is 1. The highest BCUT2D eigenvalue weighted by atomic mass is 16.2. The summed E-state index contributed by atoms with van der Waals surface area (Å²) in [6.45, 7) is 1.34. The standard InChI is InChI=1S/C10H12N4O/c11-5-8-1-3-14(4-2-8)10(15)9-6-12-13-7-9/h6-8H,1-4H2,(H,12,13). The molecule has 0 aliphatic carbocycles. The number of aromatic nitrogens is 2. The number of rotatable bonds is 1. The van der Waals surface area contributed by atoms with Crippen LogP contribution in [0, 0.1) is 17.2 Å². The van der Waals surface area contributed by atoms with Crippen molar-refractivity contribution in [2.75, 3.05) is 13.1 Å². The van der Waals surface area contributed by atoms with Gasteiger partial charge in [0.25, 0.3) is 5.91 Å². The number of hydrogen-bond donors (Lipinski definition) is 1. The van der Waals surface area contributed by atoms with Crippen molar-refractivity contribution in [1.29, 1.82) is 5.26 Å². The first-order valence-electron chi connectivity index (χ1n) is 4.99. The van der Waals surface area contributed by atoms with E-state index in [1.807, 2.05) is 0 Å². The number of nitriles is 1. The molecule has 0 aromatic carbocycles. The third kappa shape index (κ3) is 1.99. The molecule has 1 aliphatic heterocycles. The van der Waals surface area contributed by atoms with Crippen molar-refractivity contribution in [2.24, 2.45) is 5.92 Å². The molecule has 78 valence electrons. The first-order chi connectivity index (χ1) is 7.31. The van der Waals surface area contributed by atoms with Crippen LogP contribution in [0.2, 0.25) is 0 Å². The fourth-order valence-electron chi connectivity index (χ4n) is 1.76. The molecule has 1 saturated heterocycles. The van der Waals surface area contributed by atoms with Gasteiger partial charge in [0.05, 0.1) is 17.8 Å². The maximum atomic E-state index is 11.8. The third-order valence-electron chi connectivity index (χ3n) is 2.71. The molecule has 1 aliphatic rings. The zero-order valence-electron chi connectivity index (χ0n) is 8.31. The number of carbonyl (C=O) groups excluding carboxylic acids is 1. The average Bonchev–Trinajstić information content (AvgIpc) is 2.82. The van der Waals surface area contributed by atoms with Crippen LogP contribution in [0.1, 0.15) is 23.2 Å². The summed E-state index contributed by atoms with van der Waals surface area (Å²) in [5.41, 5.74) is 0.588. The van der Waals surface area contributed by atoms with E-state index in [-0.39, 0.29) is 11.8 Å². The van der Waals surface area contributed by atoms with E-state index in [2.05, 4.69) is 16.3 Å². The first kappa shape index (κ1) is 9.71. The van der Waals surface area contributed by atoms with E-state index in [4.69, 9.17) is 5.26 Å². The fourth-order valence-corrected chi connectivity index (χ4v) is 1.76. The van der Waals surface area contributed by atoms with Gasteiger partial charge in [-0.15, -0.1) is 0 Å². The van der Waals surface area contributed by atoms with E-state index >= 15 is 0 Å². The molecule has 0 spiro atoms. The predicted molar refractivity (Wildman–Crippen MR) is 52.8 cm³/mol. The maximum Gasteiger partial charge on any atom is 0.257 e. The van der Waals surface area contributed by atoms with Gasteiger partial charge in [-0.1, -0.05) is 0 Å². The van der Waals surface area contributed by atoms with Gasteiger partial charge >= 0.3 is 0 Å². The van der Waals surface area contributed by atoms with Gasteiger partial charge in [-0.25, -0.2) is 0 Å². The van der Waals surface area contributed by atoms with Gasteiger partial charge in [-0.3, -0.25) is 9.89 Å². The molecule has 5 heteroatoms. The first-order valence-corrected chi connectivity index (χ1v) is 4.99. The SMILES string of the molecule is N#CC1CCN(C(=O)c2cn[nH]c2)CC1. The molecule has 2 heterocycles. The second kappa shape index (κ2) is 4.13. The Balaban J connectivity index is 1.97. The summed E-state index contributed by atoms with van der Waals surface area (Å²) in [6.07, 6.45) is 4.68. The number of nitrogens with one attached hydrogen (secondary N) is 1. The zero-order valence-corrected chi connectivity index (χ0v) is 8.31. The molecule has 1 aromatic rings. The molecule has 0 radical (unpaired) electrons. The van der Waals surface area contributed by atoms with E-state index in [0.717, 1.165) is 12.8 Å². The smallest absolute Gasteiger partial charge is 0.257 e. The molecular formula is C10H12N4O. The van der Waals surface area contributed by atoms with Gasteiger partial charge in [0, 0.05) is 25.2 Å². The summed E-state index contributed by atoms with van der Waals surface area (Å²) in [6, 6.07) is 2.24. The number of carbonyl (C=O) groups is 1. The van der Waals surface area contributed by atoms with Crippen molar-refractivity contribution >= 4 is 5.91 Å². The monoisotopic (exact) mass is 204 g/mol. The minimum Gasteiger partial charge on any atom is -0.338 e. The largest absolute Gasteiger partial charge is 0.338 e. The van der Waals surface area contributed by atoms with Crippen molar-refractivity contribution in [3.8, 4) is 6.07 Å². The molecule has 0 bridgehead atoms. The number of H-pyrrole nitrogens is 1. The van der Waals surface area contributed by atoms with Gasteiger partial charge in [-0.2, -0.15) is 10.4 Å². The summed E-state index contributed by atoms with van der Waals surface area (Å²) in [4.78, 5) is 13.6. The summed E-state index contributed by atoms with van der Waals surface area (Å²) < 4.78 is 0. The van der Waals surface area contributed by atoms with Crippen molar-refractivity contribution in [3.63, 3.8) is 0 Å². The zero-order chi connectivity index (χ0) is 10.7. The second-order valence-electron chi connectivity index (χ2n) is 3.68. The van der Waals surface area contributed by atoms with Crippen LogP contribution >= 0.6 is 0 Å². The fraction of sp³-hybridized carbons (Fsp3) is 0.500. The Morgan fingerprint density at radius 3 is 2.87 bits per heavy atom. The summed E-state index contributed by atoms with van der Waals surface area (Å²) in [5, 5.41) is 15.1. The van der Waals surface area contributed by atoms with Gasteiger partial charge in [0.15, 0.2) is 0 Å². The molecule has 1 aromatic heterocycles. The van der Waals surface area contributed by atoms with Gasteiger partial charge < -0.3 is 4.90 Å². The lowest BCUT2D eigenvalue weighted by molar-refractivity contribution is 0.0707. The van der Waals surface area contributed by atoms with E-state index in [1.54, 1.807) is 11.1 Å². The molecule has 1 fully saturated rings. The van der Waals surface area contributed by atoms with E-state index in [0.29, 0.717) is 18.7 Å². The Bertz CT molecular complexity index is 371. The minimum absolute atomic E-state index is 0.000129. The normalized spacial score (nSPS) is 17.4. The van der Waals surface area contributed by atoms with Crippen LogP contribution in [-0.4, -0.2) is 34.1 Å². The Morgan fingerprint density at radius 1 is 1.60 bits per heavy atom. The highest BCUT2D eigenvalue weighted by Gasteiger charge is 2.23. The molecule has 1 amide bonds. The molecule has 5 nitrogen and oxygen atoms in total. The van der Waals surface area contributed by atoms with Gasteiger partial charge in [0.1, 0.15) is 0 Å². The number of amides is 1. The topological polar surface area (TPSA) is 72.8 Å². The van der Waals surface area contributed by atoms with Crippen molar-refractivity contribution in [2.45, 2.75) is 12.8 Å². The number of piperidine rings is 1. The molecule has 1 N–H and O–H groups in total. The highest BCUT2D eigenvalue weighted by Crippen LogP contribution is 2.17. The quantitative estimate of drug-likeness (QED) is 0.734. The van der Waals surface area contributed by atoms with Crippen molar-refractivity contribution < 1.29 is 4.79 Å². The van der Waals surface area contributed by atoms with Crippen LogP contribution in [0.25, 0.3) is 0 Å². The molecule has 2 rings (SSSR count). The van der Waals surface area contributed by atoms with Crippen molar-refractivity contribution in [3.05, 3.63) is 18.0 Å². The van der Waals surface area contributed by atoms with Crippen molar-refractivity contribution in [1.82, 2.24) is 15.1 Å². The lowest BCUT2D eigenvalue weighted by Crippen LogP contribution is -2.38. The third-order valence-corrected chi connectivity index (χ3v) is 2.71. The van der Waals surface area contributed by atoms with E-state index < -0.39 is 0 Å². The van der Waals surface area contributed by atoms with E-state index in [1.165, 1.54) is 6.20 Å². The second-order valence-corrected chi connectivity index (χ2v) is 3.68. The van der Waals surface area contributed by atoms with Crippen LogP contribution in [-0.2, 0) is 0 Å². The average molecular weight is 204 g/mol. The number of likely N-dealkylation sites (tertiary alicyclic amines) is 1. The van der Waals surface area contributed by atoms with Gasteiger partial charge in [-0.05, 0) is 12.8 Å². The Hall–Kier alpha value is -1.83. The van der Waals surface area contributed by atoms with Gasteiger partial charge in [0.2, 0.25) is 0 Å².